The van der Waals surface area contributed by atoms with Crippen molar-refractivity contribution in [3.8, 4) is 22.3 Å². The Labute approximate surface area is 491 Å². The Hall–Kier alpha value is -9.12. The van der Waals surface area contributed by atoms with Gasteiger partial charge in [0.15, 0.2) is 11.2 Å². The first kappa shape index (κ1) is 50.6. The lowest BCUT2D eigenvalue weighted by molar-refractivity contribution is 0.670. The number of benzene rings is 12. The minimum atomic E-state index is 0.439. The molecule has 4 nitrogen and oxygen atoms in total. The third-order valence-corrected chi connectivity index (χ3v) is 19.6. The third-order valence-electron chi connectivity index (χ3n) is 19.6. The van der Waals surface area contributed by atoms with Crippen molar-refractivity contribution in [2.24, 2.45) is 0 Å². The van der Waals surface area contributed by atoms with Gasteiger partial charge in [-0.05, 0) is 179 Å². The van der Waals surface area contributed by atoms with Gasteiger partial charge in [-0.2, -0.15) is 0 Å². The summed E-state index contributed by atoms with van der Waals surface area (Å²) in [6.07, 6.45) is 11.6. The minimum Gasteiger partial charge on any atom is -0.453 e. The first-order valence-electron chi connectivity index (χ1n) is 31.0. The van der Waals surface area contributed by atoms with Gasteiger partial charge in [-0.25, -0.2) is 0 Å². The van der Waals surface area contributed by atoms with Gasteiger partial charge < -0.3 is 18.6 Å². The van der Waals surface area contributed by atoms with Crippen LogP contribution in [0.3, 0.4) is 0 Å². The summed E-state index contributed by atoms with van der Waals surface area (Å²) < 4.78 is 14.8. The molecule has 2 aliphatic carbocycles. The molecule has 84 heavy (non-hydrogen) atoms. The Bertz CT molecular complexity index is 4540. The van der Waals surface area contributed by atoms with Gasteiger partial charge >= 0.3 is 0 Å². The molecule has 2 aromatic heterocycles. The highest BCUT2D eigenvalue weighted by molar-refractivity contribution is 6.30. The normalized spacial score (nSPS) is 14.3. The molecule has 14 aromatic rings. The van der Waals surface area contributed by atoms with Gasteiger partial charge in [0.05, 0.1) is 22.7 Å². The van der Waals surface area contributed by atoms with Crippen LogP contribution in [0.2, 0.25) is 0 Å². The highest BCUT2D eigenvalue weighted by atomic mass is 16.3. The summed E-state index contributed by atoms with van der Waals surface area (Å²) in [4.78, 5) is 5.10. The molecular formula is C80H68N2O2. The van der Waals surface area contributed by atoms with Crippen LogP contribution in [0.15, 0.2) is 215 Å². The van der Waals surface area contributed by atoms with Crippen LogP contribution in [-0.2, 0) is 12.8 Å². The molecule has 0 bridgehead atoms. The van der Waals surface area contributed by atoms with Gasteiger partial charge in [-0.15, -0.1) is 0 Å². The summed E-state index contributed by atoms with van der Waals surface area (Å²) in [5.41, 5.74) is 22.9. The van der Waals surface area contributed by atoms with E-state index in [-0.39, 0.29) is 0 Å². The maximum atomic E-state index is 7.39. The highest BCUT2D eigenvalue weighted by Crippen LogP contribution is 2.55. The fourth-order valence-corrected chi connectivity index (χ4v) is 15.2. The third kappa shape index (κ3) is 8.01. The molecule has 0 radical (unpaired) electrons. The first-order chi connectivity index (χ1) is 41.4. The standard InChI is InChI=1S/C80H68N2O2/c1-5-51-35-39-55(40-36-51)81(71-33-17-31-65-63-29-15-27-61(77(63)83-79(65)71)57-25-13-7-19-49(57)3)73-47-69(53-21-9-10-22-53)59-44-46-68-74(48-70(54-23-11-12-24-54)60-43-45-67(73)75(59)76(60)68)82(56-41-37-52(6-2)38-42-56)72-34-18-32-66-64-30-16-28-62(78(64)84-80(66)72)58-26-14-8-20-50(58)4/h7-8,13-20,25-48,53-54H,5-6,9-12,21-24H2,1-4H3. The highest BCUT2D eigenvalue weighted by Gasteiger charge is 2.32. The van der Waals surface area contributed by atoms with Crippen LogP contribution in [0, 0.1) is 13.8 Å². The van der Waals surface area contributed by atoms with Gasteiger partial charge in [-0.3, -0.25) is 0 Å². The quantitative estimate of drug-likeness (QED) is 0.114. The summed E-state index contributed by atoms with van der Waals surface area (Å²) in [7, 11) is 0. The smallest absolute Gasteiger partial charge is 0.159 e. The Morgan fingerprint density at radius 2 is 0.690 bits per heavy atom. The molecule has 16 rings (SSSR count). The van der Waals surface area contributed by atoms with Crippen molar-refractivity contribution in [2.45, 2.75) is 104 Å². The van der Waals surface area contributed by atoms with Crippen LogP contribution >= 0.6 is 0 Å². The minimum absolute atomic E-state index is 0.439. The summed E-state index contributed by atoms with van der Waals surface area (Å²) >= 11 is 0. The van der Waals surface area contributed by atoms with E-state index in [1.165, 1.54) is 140 Å². The largest absolute Gasteiger partial charge is 0.453 e. The average Bonchev–Trinajstić information content (AvgIpc) is 0.917. The molecule has 2 heterocycles. The maximum Gasteiger partial charge on any atom is 0.159 e. The van der Waals surface area contributed by atoms with Gasteiger partial charge in [0, 0.05) is 54.8 Å². The summed E-state index contributed by atoms with van der Waals surface area (Å²) in [6, 6.07) is 78.0. The van der Waals surface area contributed by atoms with Crippen molar-refractivity contribution in [3.63, 3.8) is 0 Å². The summed E-state index contributed by atoms with van der Waals surface area (Å²) in [5.74, 6) is 0.878. The molecule has 0 unspecified atom stereocenters. The predicted molar refractivity (Wildman–Crippen MR) is 356 cm³/mol. The van der Waals surface area contributed by atoms with E-state index in [1.54, 1.807) is 0 Å². The Kier molecular flexibility index (Phi) is 12.3. The van der Waals surface area contributed by atoms with Gasteiger partial charge in [0.25, 0.3) is 0 Å². The van der Waals surface area contributed by atoms with Crippen LogP contribution in [0.5, 0.6) is 0 Å². The summed E-state index contributed by atoms with van der Waals surface area (Å²) in [5, 5.41) is 12.4. The molecule has 2 fully saturated rings. The van der Waals surface area contributed by atoms with Crippen LogP contribution in [0.1, 0.15) is 110 Å². The van der Waals surface area contributed by atoms with Crippen LogP contribution in [0.4, 0.5) is 34.1 Å². The molecule has 0 spiro atoms. The van der Waals surface area contributed by atoms with Crippen molar-refractivity contribution >= 4 is 110 Å². The Balaban J connectivity index is 1.00. The molecule has 0 saturated heterocycles. The second kappa shape index (κ2) is 20.3. The van der Waals surface area contributed by atoms with E-state index in [0.717, 1.165) is 90.6 Å². The molecule has 0 atom stereocenters. The lowest BCUT2D eigenvalue weighted by atomic mass is 9.82. The van der Waals surface area contributed by atoms with Crippen LogP contribution in [0.25, 0.3) is 98.4 Å². The van der Waals surface area contributed by atoms with E-state index >= 15 is 0 Å². The molecule has 0 N–H and O–H groups in total. The SMILES string of the molecule is CCc1ccc(N(c2cc(C3CCCC3)c3ccc4c(N(c5ccc(CC)cc5)c5cccc6c5oc5c(-c7ccccc7C)cccc56)cc(C5CCCC5)c5ccc2c3c54)c2cccc3c2oc2c(-c4ccccc4C)cccc23)cc1. The van der Waals surface area contributed by atoms with Crippen LogP contribution in [-0.4, -0.2) is 0 Å². The van der Waals surface area contributed by atoms with E-state index in [9.17, 15) is 0 Å². The number of hydrogen-bond donors (Lipinski definition) is 0. The number of fused-ring (bicyclic) bond motifs is 6. The number of aryl methyl sites for hydroxylation is 4. The number of rotatable bonds is 12. The second-order valence-corrected chi connectivity index (χ2v) is 24.2. The predicted octanol–water partition coefficient (Wildman–Crippen LogP) is 23.7. The molecular weight excluding hydrogens is 1020 g/mol. The van der Waals surface area contributed by atoms with Crippen LogP contribution < -0.4 is 9.80 Å². The van der Waals surface area contributed by atoms with E-state index in [4.69, 9.17) is 8.83 Å². The molecule has 4 heteroatoms. The number of hydrogen-bond acceptors (Lipinski definition) is 4. The van der Waals surface area contributed by atoms with Crippen molar-refractivity contribution in [1.29, 1.82) is 0 Å². The van der Waals surface area contributed by atoms with Crippen molar-refractivity contribution in [3.05, 3.63) is 240 Å². The lowest BCUT2D eigenvalue weighted by Gasteiger charge is -2.32. The van der Waals surface area contributed by atoms with Crippen molar-refractivity contribution < 1.29 is 8.83 Å². The molecule has 2 aliphatic rings. The summed E-state index contributed by atoms with van der Waals surface area (Å²) in [6.45, 7) is 8.89. The topological polar surface area (TPSA) is 32.8 Å². The molecule has 410 valence electrons. The monoisotopic (exact) mass is 1090 g/mol. The lowest BCUT2D eigenvalue weighted by Crippen LogP contribution is -2.13. The zero-order chi connectivity index (χ0) is 56.2. The van der Waals surface area contributed by atoms with E-state index < -0.39 is 0 Å². The fraction of sp³-hybridized carbons (Fsp3) is 0.200. The molecule has 2 saturated carbocycles. The van der Waals surface area contributed by atoms with Gasteiger partial charge in [0.2, 0.25) is 0 Å². The van der Waals surface area contributed by atoms with Gasteiger partial charge in [0.1, 0.15) is 11.2 Å². The molecule has 0 amide bonds. The van der Waals surface area contributed by atoms with E-state index in [1.807, 2.05) is 0 Å². The number of anilines is 6. The number of furan rings is 2. The van der Waals surface area contributed by atoms with Gasteiger partial charge in [-0.1, -0.05) is 197 Å². The molecule has 0 aliphatic heterocycles. The van der Waals surface area contributed by atoms with Crippen molar-refractivity contribution in [2.75, 3.05) is 9.80 Å². The number of para-hydroxylation sites is 4. The fourth-order valence-electron chi connectivity index (χ4n) is 15.2. The Morgan fingerprint density at radius 3 is 1.08 bits per heavy atom. The average molecular weight is 1090 g/mol. The van der Waals surface area contributed by atoms with E-state index in [2.05, 4.69) is 244 Å². The zero-order valence-corrected chi connectivity index (χ0v) is 48.6. The zero-order valence-electron chi connectivity index (χ0n) is 48.6. The first-order valence-corrected chi connectivity index (χ1v) is 31.0. The van der Waals surface area contributed by atoms with E-state index in [0.29, 0.717) is 11.8 Å². The second-order valence-electron chi connectivity index (χ2n) is 24.2. The molecule has 12 aromatic carbocycles. The maximum absolute atomic E-state index is 7.39. The van der Waals surface area contributed by atoms with Crippen molar-refractivity contribution in [1.82, 2.24) is 0 Å². The Morgan fingerprint density at radius 1 is 0.333 bits per heavy atom. The number of nitrogens with zero attached hydrogens (tertiary/aromatic N) is 2.